The van der Waals surface area contributed by atoms with E-state index in [4.69, 9.17) is 22.9 Å². The molecule has 3 heterocycles. The van der Waals surface area contributed by atoms with E-state index in [9.17, 15) is 53.4 Å². The SMILES string of the molecule is CC(C)CC(NC(=O)CNC(=O)C(Cc1ccc(O)cc1)NC(=O)C(CO)NC(=O)C(Cc1c[nH]c2ccccc12)NC(=O)C(N)Cc1cnc[nH]1)C(=O)NC(CCCN=C(N)N)C(=O)N1CCCC1C(=O)NCC(N)=O. The van der Waals surface area contributed by atoms with Crippen molar-refractivity contribution in [3.05, 3.63) is 84.1 Å². The monoisotopic (exact) mass is 1070 g/mol. The predicted molar refractivity (Wildman–Crippen MR) is 280 cm³/mol. The van der Waals surface area contributed by atoms with Crippen LogP contribution in [0.1, 0.15) is 62.8 Å². The highest BCUT2D eigenvalue weighted by Gasteiger charge is 2.39. The number of aliphatic hydroxyl groups is 1. The molecule has 0 bridgehead atoms. The standard InChI is InChI=1S/C50H70N16O11/c1-27(2)17-36(45(73)62-35(9-5-15-56-50(53)54)49(77)66-16-6-10-40(66)48(76)58-23-41(52)69)61-42(70)24-59-44(72)37(18-28-11-13-31(68)14-12-28)64-47(75)39(25-67)65-46(74)38(19-29-21-57-34-8-4-3-7-32(29)34)63-43(71)33(51)20-30-22-55-26-60-30/h3-4,7-8,11-14,21-22,26-27,33,35-40,57,67-68H,5-6,9-10,15-20,23-25,51H2,1-2H3,(H2,52,69)(H,55,60)(H,58,76)(H,59,72)(H,61,70)(H,62,73)(H,63,71)(H,64,75)(H,65,74)(H4,53,54,56). The summed E-state index contributed by atoms with van der Waals surface area (Å²) in [4.78, 5) is 137. The fourth-order valence-corrected chi connectivity index (χ4v) is 8.62. The molecule has 27 nitrogen and oxygen atoms in total. The van der Waals surface area contributed by atoms with Crippen molar-refractivity contribution >= 4 is 70.0 Å². The fraction of sp³-hybridized carbons (Fsp3) is 0.460. The summed E-state index contributed by atoms with van der Waals surface area (Å²) in [5, 5.41) is 39.1. The van der Waals surface area contributed by atoms with E-state index in [-0.39, 0.29) is 69.2 Å². The van der Waals surface area contributed by atoms with Crippen molar-refractivity contribution in [2.24, 2.45) is 33.8 Å². The van der Waals surface area contributed by atoms with Gasteiger partial charge in [0.05, 0.1) is 32.1 Å². The molecule has 1 aliphatic rings. The molecule has 19 N–H and O–H groups in total. The number of nitrogens with one attached hydrogen (secondary N) is 9. The number of benzene rings is 2. The molecule has 416 valence electrons. The maximum absolute atomic E-state index is 14.1. The van der Waals surface area contributed by atoms with Gasteiger partial charge in [-0.3, -0.25) is 48.1 Å². The number of amides is 9. The number of likely N-dealkylation sites (tertiary alicyclic amines) is 1. The summed E-state index contributed by atoms with van der Waals surface area (Å²) >= 11 is 0. The lowest BCUT2D eigenvalue weighted by molar-refractivity contribution is -0.142. The highest BCUT2D eigenvalue weighted by Crippen LogP contribution is 2.22. The van der Waals surface area contributed by atoms with Crippen LogP contribution in [0.4, 0.5) is 0 Å². The molecule has 77 heavy (non-hydrogen) atoms. The second-order valence-corrected chi connectivity index (χ2v) is 19.0. The number of aromatic nitrogens is 3. The summed E-state index contributed by atoms with van der Waals surface area (Å²) in [7, 11) is 0. The average molecular weight is 1070 g/mol. The molecule has 7 atom stereocenters. The minimum Gasteiger partial charge on any atom is -0.508 e. The van der Waals surface area contributed by atoms with Crippen molar-refractivity contribution in [3.63, 3.8) is 0 Å². The molecule has 2 aromatic carbocycles. The molecule has 5 rings (SSSR count). The van der Waals surface area contributed by atoms with Crippen molar-refractivity contribution in [2.75, 3.05) is 32.8 Å². The van der Waals surface area contributed by atoms with Gasteiger partial charge in [-0.15, -0.1) is 0 Å². The van der Waals surface area contributed by atoms with Gasteiger partial charge in [0, 0.05) is 61.3 Å². The number of nitrogens with zero attached hydrogens (tertiary/aromatic N) is 3. The van der Waals surface area contributed by atoms with Crippen LogP contribution in [0.25, 0.3) is 10.9 Å². The molecule has 0 spiro atoms. The number of hydrogen-bond acceptors (Lipinski definition) is 14. The summed E-state index contributed by atoms with van der Waals surface area (Å²) in [5.41, 5.74) is 24.8. The van der Waals surface area contributed by atoms with Crippen molar-refractivity contribution in [3.8, 4) is 5.75 Å². The van der Waals surface area contributed by atoms with Gasteiger partial charge in [0.1, 0.15) is 42.0 Å². The van der Waals surface area contributed by atoms with E-state index in [2.05, 4.69) is 57.2 Å². The van der Waals surface area contributed by atoms with Crippen molar-refractivity contribution in [1.82, 2.24) is 57.1 Å². The summed E-state index contributed by atoms with van der Waals surface area (Å²) < 4.78 is 0. The third kappa shape index (κ3) is 18.3. The van der Waals surface area contributed by atoms with Crippen LogP contribution in [0, 0.1) is 5.92 Å². The number of aliphatic imine (C=N–C) groups is 1. The average Bonchev–Trinajstić information content (AvgIpc) is 4.19. The number of fused-ring (bicyclic) bond motifs is 1. The lowest BCUT2D eigenvalue weighted by Gasteiger charge is -2.30. The van der Waals surface area contributed by atoms with Gasteiger partial charge in [0.25, 0.3) is 0 Å². The first-order valence-electron chi connectivity index (χ1n) is 25.1. The van der Waals surface area contributed by atoms with Gasteiger partial charge in [-0.2, -0.15) is 0 Å². The molecule has 27 heteroatoms. The number of primary amides is 1. The number of aromatic amines is 2. The van der Waals surface area contributed by atoms with E-state index in [1.807, 2.05) is 18.2 Å². The Morgan fingerprint density at radius 2 is 1.43 bits per heavy atom. The van der Waals surface area contributed by atoms with E-state index in [1.165, 1.54) is 41.7 Å². The molecular formula is C50H70N16O11. The molecule has 0 radical (unpaired) electrons. The Balaban J connectivity index is 1.28. The molecule has 4 aromatic rings. The topological polar surface area (TPSA) is 442 Å². The van der Waals surface area contributed by atoms with Crippen LogP contribution < -0.4 is 60.2 Å². The van der Waals surface area contributed by atoms with E-state index in [0.29, 0.717) is 29.7 Å². The summed E-state index contributed by atoms with van der Waals surface area (Å²) in [5.74, 6) is -7.44. The molecule has 0 saturated carbocycles. The molecule has 1 fully saturated rings. The molecule has 1 saturated heterocycles. The Morgan fingerprint density at radius 1 is 0.766 bits per heavy atom. The predicted octanol–water partition coefficient (Wildman–Crippen LogP) is -3.82. The molecule has 1 aliphatic heterocycles. The Kier molecular flexibility index (Phi) is 22.3. The zero-order valence-electron chi connectivity index (χ0n) is 42.9. The van der Waals surface area contributed by atoms with Gasteiger partial charge in [-0.25, -0.2) is 4.98 Å². The maximum Gasteiger partial charge on any atom is 0.245 e. The summed E-state index contributed by atoms with van der Waals surface area (Å²) in [6.45, 7) is 1.78. The highest BCUT2D eigenvalue weighted by atomic mass is 16.3. The van der Waals surface area contributed by atoms with E-state index < -0.39 is 115 Å². The van der Waals surface area contributed by atoms with Crippen molar-refractivity contribution in [2.45, 2.75) is 108 Å². The first-order valence-corrected chi connectivity index (χ1v) is 25.1. The number of phenolic OH excluding ortho intramolecular Hbond substituents is 1. The highest BCUT2D eigenvalue weighted by molar-refractivity contribution is 5.98. The Labute approximate surface area is 443 Å². The maximum atomic E-state index is 14.1. The summed E-state index contributed by atoms with van der Waals surface area (Å²) in [6.07, 6.45) is 5.50. The molecule has 7 unspecified atom stereocenters. The van der Waals surface area contributed by atoms with Gasteiger partial charge in [0.15, 0.2) is 5.96 Å². The number of phenols is 1. The van der Waals surface area contributed by atoms with Crippen molar-refractivity contribution < 1.29 is 53.4 Å². The van der Waals surface area contributed by atoms with Gasteiger partial charge < -0.3 is 85.2 Å². The Bertz CT molecular complexity index is 2710. The number of guanidine groups is 1. The molecule has 9 amide bonds. The first kappa shape index (κ1) is 59.3. The number of carbonyl (C=O) groups excluding carboxylic acids is 9. The van der Waals surface area contributed by atoms with Gasteiger partial charge in [0.2, 0.25) is 53.2 Å². The zero-order valence-corrected chi connectivity index (χ0v) is 42.9. The Morgan fingerprint density at radius 3 is 2.10 bits per heavy atom. The van der Waals surface area contributed by atoms with Crippen molar-refractivity contribution in [1.29, 1.82) is 0 Å². The zero-order chi connectivity index (χ0) is 56.2. The van der Waals surface area contributed by atoms with E-state index in [1.54, 1.807) is 26.1 Å². The molecule has 2 aromatic heterocycles. The first-order chi connectivity index (χ1) is 36.7. The number of aromatic hydroxyl groups is 1. The largest absolute Gasteiger partial charge is 0.508 e. The lowest BCUT2D eigenvalue weighted by Crippen LogP contribution is -2.60. The number of aliphatic hydroxyl groups excluding tert-OH is 1. The number of H-pyrrole nitrogens is 2. The van der Waals surface area contributed by atoms with Gasteiger partial charge >= 0.3 is 0 Å². The number of para-hydroxylation sites is 1. The fourth-order valence-electron chi connectivity index (χ4n) is 8.62. The number of hydrogen-bond donors (Lipinski definition) is 15. The van der Waals surface area contributed by atoms with Gasteiger partial charge in [-0.05, 0) is 67.3 Å². The number of nitrogens with two attached hydrogens (primary N) is 4. The van der Waals surface area contributed by atoms with E-state index >= 15 is 0 Å². The lowest BCUT2D eigenvalue weighted by atomic mass is 10.0. The normalized spacial score (nSPS) is 15.4. The number of imidazole rings is 1. The number of carbonyl (C=O) groups is 9. The second kappa shape index (κ2) is 28.9. The van der Waals surface area contributed by atoms with Crippen LogP contribution in [-0.4, -0.2) is 164 Å². The minimum absolute atomic E-state index is 0.0327. The molecule has 0 aliphatic carbocycles. The number of rotatable bonds is 29. The van der Waals surface area contributed by atoms with E-state index in [0.717, 1.165) is 10.9 Å². The molecular weight excluding hydrogens is 1000 g/mol. The van der Waals surface area contributed by atoms with Gasteiger partial charge in [-0.1, -0.05) is 44.2 Å². The van der Waals surface area contributed by atoms with Crippen LogP contribution >= 0.6 is 0 Å². The summed E-state index contributed by atoms with van der Waals surface area (Å²) in [6, 6.07) is 4.03. The third-order valence-corrected chi connectivity index (χ3v) is 12.5. The van der Waals surface area contributed by atoms with Crippen LogP contribution in [-0.2, 0) is 62.4 Å². The smallest absolute Gasteiger partial charge is 0.245 e. The third-order valence-electron chi connectivity index (χ3n) is 12.5. The van der Waals surface area contributed by atoms with Crippen LogP contribution in [0.2, 0.25) is 0 Å². The Hall–Kier alpha value is -8.59. The van der Waals surface area contributed by atoms with Crippen LogP contribution in [0.3, 0.4) is 0 Å². The van der Waals surface area contributed by atoms with Crippen LogP contribution in [0.5, 0.6) is 5.75 Å². The quantitative estimate of drug-likeness (QED) is 0.0141. The second-order valence-electron chi connectivity index (χ2n) is 19.0. The van der Waals surface area contributed by atoms with Crippen LogP contribution in [0.15, 0.2) is 72.2 Å². The minimum atomic E-state index is -1.67.